The maximum absolute atomic E-state index is 5.39. The van der Waals surface area contributed by atoms with E-state index in [9.17, 15) is 0 Å². The average molecular weight is 287 g/mol. The van der Waals surface area contributed by atoms with Crippen molar-refractivity contribution >= 4 is 23.5 Å². The third kappa shape index (κ3) is 2.68. The molecule has 3 unspecified atom stereocenters. The van der Waals surface area contributed by atoms with Crippen LogP contribution in [0.3, 0.4) is 0 Å². The monoisotopic (exact) mass is 287 g/mol. The van der Waals surface area contributed by atoms with Crippen LogP contribution in [0.15, 0.2) is 4.52 Å². The van der Waals surface area contributed by atoms with Crippen molar-refractivity contribution in [2.24, 2.45) is 0 Å². The third-order valence-electron chi connectivity index (χ3n) is 3.28. The maximum Gasteiger partial charge on any atom is 0.243 e. The highest BCUT2D eigenvalue weighted by Gasteiger charge is 2.30. The minimum absolute atomic E-state index is 0.150. The molecule has 3 atom stereocenters. The van der Waals surface area contributed by atoms with Gasteiger partial charge in [-0.2, -0.15) is 16.7 Å². The fraction of sp³-hybridized carbons (Fsp3) is 0.818. The van der Waals surface area contributed by atoms with E-state index in [0.29, 0.717) is 11.1 Å². The first-order valence-corrected chi connectivity index (χ1v) is 8.36. The number of hydrogen-bond acceptors (Lipinski definition) is 7. The van der Waals surface area contributed by atoms with Crippen LogP contribution in [0.2, 0.25) is 0 Å². The number of rotatable bonds is 3. The lowest BCUT2D eigenvalue weighted by atomic mass is 10.2. The Balaban J connectivity index is 1.66. The first-order valence-electron chi connectivity index (χ1n) is 6.16. The van der Waals surface area contributed by atoms with Gasteiger partial charge in [-0.25, -0.2) is 0 Å². The molecule has 1 aromatic rings. The zero-order valence-electron chi connectivity index (χ0n) is 10.3. The molecule has 2 saturated heterocycles. The van der Waals surface area contributed by atoms with Crippen molar-refractivity contribution in [2.75, 3.05) is 30.9 Å². The zero-order valence-corrected chi connectivity index (χ0v) is 11.9. The lowest BCUT2D eigenvalue weighted by Gasteiger charge is -2.17. The van der Waals surface area contributed by atoms with Gasteiger partial charge >= 0.3 is 0 Å². The molecular formula is C11H17N3O2S2. The first kappa shape index (κ1) is 12.8. The minimum Gasteiger partial charge on any atom is -0.380 e. The summed E-state index contributed by atoms with van der Waals surface area (Å²) < 4.78 is 10.7. The molecule has 3 heterocycles. The molecule has 5 nitrogen and oxygen atoms in total. The van der Waals surface area contributed by atoms with Gasteiger partial charge in [0.15, 0.2) is 5.82 Å². The average Bonchev–Trinajstić information content (AvgIpc) is 3.08. The molecule has 0 bridgehead atoms. The van der Waals surface area contributed by atoms with Gasteiger partial charge in [0, 0.05) is 30.9 Å². The molecule has 2 aliphatic heterocycles. The molecule has 100 valence electrons. The van der Waals surface area contributed by atoms with Crippen molar-refractivity contribution in [3.8, 4) is 0 Å². The second-order valence-corrected chi connectivity index (χ2v) is 6.94. The van der Waals surface area contributed by atoms with Crippen molar-refractivity contribution in [1.82, 2.24) is 15.5 Å². The lowest BCUT2D eigenvalue weighted by molar-refractivity contribution is 0.116. The highest BCUT2D eigenvalue weighted by atomic mass is 32.2. The summed E-state index contributed by atoms with van der Waals surface area (Å²) in [7, 11) is 1.74. The third-order valence-corrected chi connectivity index (χ3v) is 6.03. The molecule has 7 heteroatoms. The van der Waals surface area contributed by atoms with E-state index in [1.165, 1.54) is 11.5 Å². The highest BCUT2D eigenvalue weighted by molar-refractivity contribution is 8.06. The molecule has 2 aliphatic rings. The normalized spacial score (nSPS) is 32.8. The Kier molecular flexibility index (Phi) is 4.13. The number of nitrogens with one attached hydrogen (secondary N) is 1. The summed E-state index contributed by atoms with van der Waals surface area (Å²) in [4.78, 5) is 4.55. The fourth-order valence-corrected chi connectivity index (χ4v) is 4.82. The van der Waals surface area contributed by atoms with E-state index in [2.05, 4.69) is 15.5 Å². The van der Waals surface area contributed by atoms with Crippen molar-refractivity contribution in [2.45, 2.75) is 23.8 Å². The van der Waals surface area contributed by atoms with Gasteiger partial charge in [-0.05, 0) is 6.42 Å². The Morgan fingerprint density at radius 2 is 2.39 bits per heavy atom. The van der Waals surface area contributed by atoms with Crippen LogP contribution in [-0.2, 0) is 4.74 Å². The van der Waals surface area contributed by atoms with Gasteiger partial charge in [-0.3, -0.25) is 0 Å². The Labute approximate surface area is 115 Å². The number of ether oxygens (including phenoxy) is 1. The molecule has 1 N–H and O–H groups in total. The Bertz CT molecular complexity index is 395. The first-order chi connectivity index (χ1) is 8.86. The molecular weight excluding hydrogens is 270 g/mol. The van der Waals surface area contributed by atoms with Crippen LogP contribution in [0.25, 0.3) is 0 Å². The smallest absolute Gasteiger partial charge is 0.243 e. The molecule has 0 amide bonds. The zero-order chi connectivity index (χ0) is 12.4. The minimum atomic E-state index is 0.150. The highest BCUT2D eigenvalue weighted by Crippen LogP contribution is 2.36. The van der Waals surface area contributed by atoms with Gasteiger partial charge in [0.1, 0.15) is 0 Å². The van der Waals surface area contributed by atoms with Crippen molar-refractivity contribution < 1.29 is 9.26 Å². The molecule has 0 saturated carbocycles. The van der Waals surface area contributed by atoms with Crippen LogP contribution in [0.1, 0.15) is 29.4 Å². The second-order valence-electron chi connectivity index (χ2n) is 4.48. The van der Waals surface area contributed by atoms with Crippen LogP contribution in [-0.4, -0.2) is 47.2 Å². The van der Waals surface area contributed by atoms with Crippen LogP contribution in [0, 0.1) is 0 Å². The molecule has 0 aliphatic carbocycles. The molecule has 0 spiro atoms. The number of thioether (sulfide) groups is 2. The molecule has 0 radical (unpaired) electrons. The molecule has 2 fully saturated rings. The van der Waals surface area contributed by atoms with E-state index < -0.39 is 0 Å². The summed E-state index contributed by atoms with van der Waals surface area (Å²) in [6.07, 6.45) is 1.16. The van der Waals surface area contributed by atoms with Gasteiger partial charge < -0.3 is 14.6 Å². The second kappa shape index (κ2) is 5.81. The Hall–Kier alpha value is -0.240. The van der Waals surface area contributed by atoms with Crippen LogP contribution >= 0.6 is 23.5 Å². The molecule has 0 aromatic carbocycles. The van der Waals surface area contributed by atoms with E-state index in [1.54, 1.807) is 7.11 Å². The maximum atomic E-state index is 5.39. The summed E-state index contributed by atoms with van der Waals surface area (Å²) in [6.45, 7) is 0.854. The largest absolute Gasteiger partial charge is 0.380 e. The number of aromatic nitrogens is 2. The van der Waals surface area contributed by atoms with Crippen LogP contribution in [0.4, 0.5) is 0 Å². The predicted molar refractivity (Wildman–Crippen MR) is 73.0 cm³/mol. The van der Waals surface area contributed by atoms with Gasteiger partial charge in [0.05, 0.1) is 17.4 Å². The fourth-order valence-electron chi connectivity index (χ4n) is 2.23. The van der Waals surface area contributed by atoms with Crippen molar-refractivity contribution in [1.29, 1.82) is 0 Å². The van der Waals surface area contributed by atoms with E-state index >= 15 is 0 Å². The summed E-state index contributed by atoms with van der Waals surface area (Å²) in [5, 5.41) is 7.88. The Morgan fingerprint density at radius 1 is 1.44 bits per heavy atom. The Morgan fingerprint density at radius 3 is 3.11 bits per heavy atom. The summed E-state index contributed by atoms with van der Waals surface area (Å²) in [5.74, 6) is 5.05. The lowest BCUT2D eigenvalue weighted by Crippen LogP contribution is -2.16. The van der Waals surface area contributed by atoms with Crippen molar-refractivity contribution in [3.63, 3.8) is 0 Å². The topological polar surface area (TPSA) is 60.2 Å². The van der Waals surface area contributed by atoms with Crippen LogP contribution in [0.5, 0.6) is 0 Å². The van der Waals surface area contributed by atoms with Gasteiger partial charge in [0.25, 0.3) is 0 Å². The summed E-state index contributed by atoms with van der Waals surface area (Å²) >= 11 is 3.89. The van der Waals surface area contributed by atoms with E-state index in [0.717, 1.165) is 24.5 Å². The van der Waals surface area contributed by atoms with E-state index in [4.69, 9.17) is 9.26 Å². The summed E-state index contributed by atoms with van der Waals surface area (Å²) in [6, 6.07) is 0.150. The van der Waals surface area contributed by atoms with Gasteiger partial charge in [-0.1, -0.05) is 5.16 Å². The van der Waals surface area contributed by atoms with E-state index in [1.807, 2.05) is 23.5 Å². The quantitative estimate of drug-likeness (QED) is 0.906. The number of methoxy groups -OCH3 is 1. The molecule has 1 aromatic heterocycles. The van der Waals surface area contributed by atoms with Crippen LogP contribution < -0.4 is 5.32 Å². The molecule has 3 rings (SSSR count). The van der Waals surface area contributed by atoms with Gasteiger partial charge in [-0.15, -0.1) is 11.8 Å². The number of nitrogens with zero attached hydrogens (tertiary/aromatic N) is 2. The summed E-state index contributed by atoms with van der Waals surface area (Å²) in [5.41, 5.74) is 0. The molecule has 18 heavy (non-hydrogen) atoms. The number of hydrogen-bond donors (Lipinski definition) is 1. The standard InChI is InChI=1S/C11H17N3O2S2/c1-15-7-4-8(12-5-7)11-13-10(14-16-11)9-6-17-2-3-18-9/h7-9,12H,2-6H2,1H3. The van der Waals surface area contributed by atoms with Crippen molar-refractivity contribution in [3.05, 3.63) is 11.7 Å². The van der Waals surface area contributed by atoms with Gasteiger partial charge in [0.2, 0.25) is 5.89 Å². The predicted octanol–water partition coefficient (Wildman–Crippen LogP) is 1.64. The SMILES string of the molecule is COC1CNC(c2nc(C3CSCCS3)no2)C1. The van der Waals surface area contributed by atoms with E-state index in [-0.39, 0.29) is 12.1 Å².